The van der Waals surface area contributed by atoms with Gasteiger partial charge in [0.2, 0.25) is 0 Å². The Bertz CT molecular complexity index is 918. The topological polar surface area (TPSA) is 68.5 Å². The highest BCUT2D eigenvalue weighted by atomic mass is 32.1. The minimum Gasteiger partial charge on any atom is -0.487 e. The second-order valence-electron chi connectivity index (χ2n) is 7.06. The van der Waals surface area contributed by atoms with Crippen molar-refractivity contribution < 1.29 is 9.66 Å². The van der Waals surface area contributed by atoms with Gasteiger partial charge >= 0.3 is 5.69 Å². The van der Waals surface area contributed by atoms with Crippen molar-refractivity contribution in [3.8, 4) is 5.75 Å². The third kappa shape index (κ3) is 4.31. The number of thiazole rings is 1. The standard InChI is InChI=1S/C21H23N3O3S/c25-24(26)18-7-2-3-8-19(18)27-15-5-12-23-13-10-16(11-14-23)21-22-17-6-1-4-9-20(17)28-21/h1-4,6-9,16H,5,10-15H2. The van der Waals surface area contributed by atoms with Crippen LogP contribution < -0.4 is 4.74 Å². The molecule has 0 atom stereocenters. The molecule has 4 rings (SSSR count). The molecule has 0 radical (unpaired) electrons. The highest BCUT2D eigenvalue weighted by Gasteiger charge is 2.23. The SMILES string of the molecule is O=[N+]([O-])c1ccccc1OCCCN1CCC(c2nc3ccccc3s2)CC1. The number of para-hydroxylation sites is 3. The second kappa shape index (κ2) is 8.67. The largest absolute Gasteiger partial charge is 0.487 e. The van der Waals surface area contributed by atoms with Crippen LogP contribution in [0.5, 0.6) is 5.75 Å². The van der Waals surface area contributed by atoms with E-state index in [1.165, 1.54) is 15.8 Å². The van der Waals surface area contributed by atoms with Gasteiger partial charge in [0.25, 0.3) is 0 Å². The van der Waals surface area contributed by atoms with Crippen LogP contribution in [0.4, 0.5) is 5.69 Å². The van der Waals surface area contributed by atoms with Gasteiger partial charge in [-0.2, -0.15) is 0 Å². The Morgan fingerprint density at radius 1 is 1.14 bits per heavy atom. The summed E-state index contributed by atoms with van der Waals surface area (Å²) in [7, 11) is 0. The summed E-state index contributed by atoms with van der Waals surface area (Å²) in [5, 5.41) is 12.3. The first kappa shape index (κ1) is 18.8. The molecule has 0 N–H and O–H groups in total. The number of nitro benzene ring substituents is 1. The molecule has 146 valence electrons. The number of fused-ring (bicyclic) bond motifs is 1. The normalized spacial score (nSPS) is 15.7. The predicted octanol–water partition coefficient (Wildman–Crippen LogP) is 4.85. The van der Waals surface area contributed by atoms with Crippen molar-refractivity contribution in [3.63, 3.8) is 0 Å². The molecule has 28 heavy (non-hydrogen) atoms. The molecular weight excluding hydrogens is 374 g/mol. The van der Waals surface area contributed by atoms with Crippen molar-refractivity contribution in [3.05, 3.63) is 63.7 Å². The van der Waals surface area contributed by atoms with Gasteiger partial charge in [-0.15, -0.1) is 11.3 Å². The summed E-state index contributed by atoms with van der Waals surface area (Å²) >= 11 is 1.82. The first-order valence-corrected chi connectivity index (χ1v) is 10.5. The molecule has 1 aliphatic rings. The molecule has 1 aromatic heterocycles. The van der Waals surface area contributed by atoms with Crippen molar-refractivity contribution in [2.24, 2.45) is 0 Å². The zero-order chi connectivity index (χ0) is 19.3. The number of hydrogen-bond donors (Lipinski definition) is 0. The van der Waals surface area contributed by atoms with Crippen LogP contribution in [0.15, 0.2) is 48.5 Å². The Balaban J connectivity index is 1.22. The molecule has 2 heterocycles. The fraction of sp³-hybridized carbons (Fsp3) is 0.381. The van der Waals surface area contributed by atoms with Gasteiger partial charge in [-0.1, -0.05) is 24.3 Å². The molecule has 1 saturated heterocycles. The lowest BCUT2D eigenvalue weighted by Crippen LogP contribution is -2.34. The Kier molecular flexibility index (Phi) is 5.83. The molecule has 3 aromatic rings. The van der Waals surface area contributed by atoms with Gasteiger partial charge in [-0.25, -0.2) is 4.98 Å². The molecule has 1 aliphatic heterocycles. The fourth-order valence-corrected chi connectivity index (χ4v) is 4.81. The zero-order valence-electron chi connectivity index (χ0n) is 15.6. The maximum Gasteiger partial charge on any atom is 0.310 e. The molecular formula is C21H23N3O3S. The lowest BCUT2D eigenvalue weighted by molar-refractivity contribution is -0.385. The van der Waals surface area contributed by atoms with Crippen molar-refractivity contribution in [1.82, 2.24) is 9.88 Å². The van der Waals surface area contributed by atoms with Crippen LogP contribution in [0.2, 0.25) is 0 Å². The summed E-state index contributed by atoms with van der Waals surface area (Å²) in [5.41, 5.74) is 1.14. The van der Waals surface area contributed by atoms with Crippen molar-refractivity contribution in [2.45, 2.75) is 25.2 Å². The van der Waals surface area contributed by atoms with Gasteiger partial charge in [0.1, 0.15) is 0 Å². The summed E-state index contributed by atoms with van der Waals surface area (Å²) in [6.07, 6.45) is 3.12. The van der Waals surface area contributed by atoms with Crippen LogP contribution in [0.1, 0.15) is 30.2 Å². The average Bonchev–Trinajstić information content (AvgIpc) is 3.16. The van der Waals surface area contributed by atoms with E-state index in [9.17, 15) is 10.1 Å². The van der Waals surface area contributed by atoms with Gasteiger partial charge in [-0.05, 0) is 50.6 Å². The zero-order valence-corrected chi connectivity index (χ0v) is 16.4. The van der Waals surface area contributed by atoms with E-state index in [2.05, 4.69) is 23.1 Å². The van der Waals surface area contributed by atoms with Crippen LogP contribution in [0, 0.1) is 10.1 Å². The van der Waals surface area contributed by atoms with Crippen molar-refractivity contribution in [1.29, 1.82) is 0 Å². The summed E-state index contributed by atoms with van der Waals surface area (Å²) in [6.45, 7) is 3.56. The number of nitro groups is 1. The quantitative estimate of drug-likeness (QED) is 0.324. The molecule has 1 fully saturated rings. The number of aromatic nitrogens is 1. The monoisotopic (exact) mass is 397 g/mol. The first-order valence-electron chi connectivity index (χ1n) is 9.65. The van der Waals surface area contributed by atoms with Crippen LogP contribution in [0.3, 0.4) is 0 Å². The van der Waals surface area contributed by atoms with E-state index >= 15 is 0 Å². The molecule has 6 nitrogen and oxygen atoms in total. The minimum absolute atomic E-state index is 0.0270. The van der Waals surface area contributed by atoms with Crippen LogP contribution in [0.25, 0.3) is 10.2 Å². The van der Waals surface area contributed by atoms with E-state index in [1.807, 2.05) is 17.4 Å². The van der Waals surface area contributed by atoms with Crippen LogP contribution in [-0.2, 0) is 0 Å². The Morgan fingerprint density at radius 2 is 1.89 bits per heavy atom. The summed E-state index contributed by atoms with van der Waals surface area (Å²) in [5.74, 6) is 0.902. The molecule has 0 saturated carbocycles. The molecule has 0 aliphatic carbocycles. The average molecular weight is 398 g/mol. The van der Waals surface area contributed by atoms with Crippen molar-refractivity contribution in [2.75, 3.05) is 26.2 Å². The molecule has 0 bridgehead atoms. The highest BCUT2D eigenvalue weighted by molar-refractivity contribution is 7.18. The molecule has 0 spiro atoms. The van der Waals surface area contributed by atoms with Gasteiger partial charge in [0, 0.05) is 18.5 Å². The fourth-order valence-electron chi connectivity index (χ4n) is 3.67. The van der Waals surface area contributed by atoms with Gasteiger partial charge in [0.05, 0.1) is 26.8 Å². The molecule has 2 aromatic carbocycles. The maximum atomic E-state index is 11.0. The van der Waals surface area contributed by atoms with E-state index in [0.29, 0.717) is 18.3 Å². The van der Waals surface area contributed by atoms with E-state index in [-0.39, 0.29) is 5.69 Å². The van der Waals surface area contributed by atoms with E-state index < -0.39 is 4.92 Å². The van der Waals surface area contributed by atoms with Crippen LogP contribution in [-0.4, -0.2) is 41.0 Å². The van der Waals surface area contributed by atoms with E-state index in [0.717, 1.165) is 44.4 Å². The molecule has 0 unspecified atom stereocenters. The van der Waals surface area contributed by atoms with E-state index in [1.54, 1.807) is 18.2 Å². The summed E-state index contributed by atoms with van der Waals surface area (Å²) in [6, 6.07) is 14.9. The molecule has 0 amide bonds. The smallest absolute Gasteiger partial charge is 0.310 e. The molecule has 7 heteroatoms. The summed E-state index contributed by atoms with van der Waals surface area (Å²) in [4.78, 5) is 17.9. The van der Waals surface area contributed by atoms with Crippen molar-refractivity contribution >= 4 is 27.2 Å². The number of ether oxygens (including phenoxy) is 1. The lowest BCUT2D eigenvalue weighted by Gasteiger charge is -2.30. The predicted molar refractivity (Wildman–Crippen MR) is 111 cm³/mol. The Labute approximate surface area is 167 Å². The number of hydrogen-bond acceptors (Lipinski definition) is 6. The number of nitrogens with zero attached hydrogens (tertiary/aromatic N) is 3. The Morgan fingerprint density at radius 3 is 2.68 bits per heavy atom. The third-order valence-electron chi connectivity index (χ3n) is 5.19. The highest BCUT2D eigenvalue weighted by Crippen LogP contribution is 2.33. The minimum atomic E-state index is -0.401. The van der Waals surface area contributed by atoms with Gasteiger partial charge in [0.15, 0.2) is 5.75 Å². The first-order chi connectivity index (χ1) is 13.7. The summed E-state index contributed by atoms with van der Waals surface area (Å²) < 4.78 is 6.91. The maximum absolute atomic E-state index is 11.0. The number of likely N-dealkylation sites (tertiary alicyclic amines) is 1. The number of rotatable bonds is 7. The van der Waals surface area contributed by atoms with Crippen LogP contribution >= 0.6 is 11.3 Å². The second-order valence-corrected chi connectivity index (χ2v) is 8.12. The third-order valence-corrected chi connectivity index (χ3v) is 6.38. The van der Waals surface area contributed by atoms with Gasteiger partial charge in [-0.3, -0.25) is 10.1 Å². The number of piperidine rings is 1. The number of benzene rings is 2. The Hall–Kier alpha value is -2.51. The lowest BCUT2D eigenvalue weighted by atomic mass is 9.97. The van der Waals surface area contributed by atoms with Gasteiger partial charge < -0.3 is 9.64 Å². The van der Waals surface area contributed by atoms with E-state index in [4.69, 9.17) is 9.72 Å².